The van der Waals surface area contributed by atoms with Crippen LogP contribution in [0.5, 0.6) is 0 Å². The molecule has 0 radical (unpaired) electrons. The minimum absolute atomic E-state index is 0.536. The van der Waals surface area contributed by atoms with Gasteiger partial charge in [-0.1, -0.05) is 20.3 Å². The van der Waals surface area contributed by atoms with E-state index in [1.807, 2.05) is 0 Å². The molecule has 0 bridgehead atoms. The molecule has 6 heteroatoms. The number of hydrogen-bond acceptors (Lipinski definition) is 3. The molecule has 114 valence electrons. The van der Waals surface area contributed by atoms with Crippen molar-refractivity contribution in [3.8, 4) is 0 Å². The molecule has 1 aliphatic rings. The molecule has 0 aromatic heterocycles. The summed E-state index contributed by atoms with van der Waals surface area (Å²) in [7, 11) is -1.55. The van der Waals surface area contributed by atoms with Gasteiger partial charge in [-0.25, -0.2) is 0 Å². The monoisotopic (exact) mass is 291 g/mol. The zero-order valence-electron chi connectivity index (χ0n) is 12.6. The minimum Gasteiger partial charge on any atom is -0.317 e. The molecule has 1 unspecified atom stereocenters. The van der Waals surface area contributed by atoms with Crippen LogP contribution in [-0.2, 0) is 10.2 Å². The zero-order valence-corrected chi connectivity index (χ0v) is 13.4. The van der Waals surface area contributed by atoms with Crippen molar-refractivity contribution in [2.75, 3.05) is 39.8 Å². The Morgan fingerprint density at radius 2 is 2.05 bits per heavy atom. The third kappa shape index (κ3) is 5.02. The molecule has 0 saturated carbocycles. The fourth-order valence-corrected chi connectivity index (χ4v) is 3.87. The average Bonchev–Trinajstić information content (AvgIpc) is 2.87. The topological polar surface area (TPSA) is 52.7 Å². The maximum atomic E-state index is 12.3. The maximum Gasteiger partial charge on any atom is 0.281 e. The molecule has 5 nitrogen and oxygen atoms in total. The van der Waals surface area contributed by atoms with Crippen LogP contribution >= 0.6 is 0 Å². The summed E-state index contributed by atoms with van der Waals surface area (Å²) in [5.74, 6) is 0.536. The Hall–Kier alpha value is -0.170. The van der Waals surface area contributed by atoms with Crippen molar-refractivity contribution in [1.29, 1.82) is 0 Å². The third-order valence-corrected chi connectivity index (χ3v) is 5.75. The Kier molecular flexibility index (Phi) is 7.28. The van der Waals surface area contributed by atoms with Crippen LogP contribution in [0.3, 0.4) is 0 Å². The molecule has 1 heterocycles. The van der Waals surface area contributed by atoms with E-state index >= 15 is 0 Å². The van der Waals surface area contributed by atoms with E-state index in [-0.39, 0.29) is 0 Å². The first-order valence-electron chi connectivity index (χ1n) is 7.44. The number of nitrogens with zero attached hydrogens (tertiary/aromatic N) is 2. The minimum atomic E-state index is -3.24. The van der Waals surface area contributed by atoms with Crippen LogP contribution in [-0.4, -0.2) is 56.8 Å². The van der Waals surface area contributed by atoms with Gasteiger partial charge in [-0.15, -0.1) is 0 Å². The van der Waals surface area contributed by atoms with Gasteiger partial charge in [-0.05, 0) is 38.3 Å². The predicted molar refractivity (Wildman–Crippen MR) is 79.3 cm³/mol. The van der Waals surface area contributed by atoms with Gasteiger partial charge in [0.25, 0.3) is 10.2 Å². The lowest BCUT2D eigenvalue weighted by Gasteiger charge is -2.24. The highest BCUT2D eigenvalue weighted by Gasteiger charge is 2.32. The average molecular weight is 291 g/mol. The first-order chi connectivity index (χ1) is 9.02. The second-order valence-electron chi connectivity index (χ2n) is 5.35. The second kappa shape index (κ2) is 8.19. The fourth-order valence-electron chi connectivity index (χ4n) is 2.38. The van der Waals surface area contributed by atoms with E-state index in [1.54, 1.807) is 11.4 Å². The second-order valence-corrected chi connectivity index (χ2v) is 7.39. The first kappa shape index (κ1) is 16.9. The summed E-state index contributed by atoms with van der Waals surface area (Å²) in [6.45, 7) is 8.10. The molecule has 0 amide bonds. The molecule has 1 atom stereocenters. The summed E-state index contributed by atoms with van der Waals surface area (Å²) in [4.78, 5) is 0. The molecule has 0 spiro atoms. The molecule has 0 aromatic carbocycles. The van der Waals surface area contributed by atoms with Crippen LogP contribution in [0.4, 0.5) is 0 Å². The van der Waals surface area contributed by atoms with Crippen LogP contribution in [0.15, 0.2) is 0 Å². The van der Waals surface area contributed by atoms with Gasteiger partial charge < -0.3 is 5.32 Å². The molecule has 0 aromatic rings. The molecule has 1 rings (SSSR count). The molecular formula is C13H29N3O2S. The highest BCUT2D eigenvalue weighted by Crippen LogP contribution is 2.23. The van der Waals surface area contributed by atoms with Gasteiger partial charge in [0, 0.05) is 26.7 Å². The van der Waals surface area contributed by atoms with E-state index in [0.29, 0.717) is 25.6 Å². The van der Waals surface area contributed by atoms with Crippen molar-refractivity contribution in [2.24, 2.45) is 5.92 Å². The van der Waals surface area contributed by atoms with Gasteiger partial charge in [0.15, 0.2) is 0 Å². The summed E-state index contributed by atoms with van der Waals surface area (Å²) in [5, 5.41) is 3.29. The van der Waals surface area contributed by atoms with E-state index in [1.165, 1.54) is 4.31 Å². The number of hydrogen-bond donors (Lipinski definition) is 1. The summed E-state index contributed by atoms with van der Waals surface area (Å²) >= 11 is 0. The molecule has 0 aliphatic carbocycles. The van der Waals surface area contributed by atoms with Crippen LogP contribution in [0.25, 0.3) is 0 Å². The summed E-state index contributed by atoms with van der Waals surface area (Å²) < 4.78 is 27.8. The van der Waals surface area contributed by atoms with Crippen molar-refractivity contribution in [1.82, 2.24) is 13.9 Å². The lowest BCUT2D eigenvalue weighted by molar-refractivity contribution is 0.381. The SMILES string of the molecule is CCCNCCCN(C)S(=O)(=O)N1CCC(CC)C1. The normalized spacial score (nSPS) is 21.4. The Labute approximate surface area is 118 Å². The Morgan fingerprint density at radius 3 is 2.63 bits per heavy atom. The Balaban J connectivity index is 2.35. The van der Waals surface area contributed by atoms with Crippen molar-refractivity contribution in [3.05, 3.63) is 0 Å². The van der Waals surface area contributed by atoms with Gasteiger partial charge in [0.1, 0.15) is 0 Å². The Morgan fingerprint density at radius 1 is 1.32 bits per heavy atom. The zero-order chi connectivity index (χ0) is 14.3. The van der Waals surface area contributed by atoms with Crippen molar-refractivity contribution < 1.29 is 8.42 Å². The van der Waals surface area contributed by atoms with Crippen LogP contribution in [0.2, 0.25) is 0 Å². The van der Waals surface area contributed by atoms with E-state index in [0.717, 1.165) is 38.8 Å². The van der Waals surface area contributed by atoms with Gasteiger partial charge in [0.2, 0.25) is 0 Å². The summed E-state index contributed by atoms with van der Waals surface area (Å²) in [5.41, 5.74) is 0. The standard InChI is InChI=1S/C13H29N3O2S/c1-4-8-14-9-6-10-15(3)19(17,18)16-11-7-13(5-2)12-16/h13-14H,4-12H2,1-3H3. The summed E-state index contributed by atoms with van der Waals surface area (Å²) in [6.07, 6.45) is 4.04. The van der Waals surface area contributed by atoms with E-state index in [4.69, 9.17) is 0 Å². The van der Waals surface area contributed by atoms with Crippen LogP contribution < -0.4 is 5.32 Å². The van der Waals surface area contributed by atoms with Gasteiger partial charge >= 0.3 is 0 Å². The Bertz CT molecular complexity index is 346. The molecule has 1 aliphatic heterocycles. The van der Waals surface area contributed by atoms with E-state index in [9.17, 15) is 8.42 Å². The molecular weight excluding hydrogens is 262 g/mol. The maximum absolute atomic E-state index is 12.3. The lowest BCUT2D eigenvalue weighted by atomic mass is 10.1. The van der Waals surface area contributed by atoms with Gasteiger partial charge in [0.05, 0.1) is 0 Å². The molecule has 19 heavy (non-hydrogen) atoms. The number of nitrogens with one attached hydrogen (secondary N) is 1. The third-order valence-electron chi connectivity index (χ3n) is 3.80. The lowest BCUT2D eigenvalue weighted by Crippen LogP contribution is -2.41. The largest absolute Gasteiger partial charge is 0.317 e. The molecule has 1 saturated heterocycles. The number of rotatable bonds is 9. The molecule has 1 fully saturated rings. The van der Waals surface area contributed by atoms with Crippen molar-refractivity contribution in [3.63, 3.8) is 0 Å². The molecule has 1 N–H and O–H groups in total. The predicted octanol–water partition coefficient (Wildman–Crippen LogP) is 1.28. The fraction of sp³-hybridized carbons (Fsp3) is 1.00. The van der Waals surface area contributed by atoms with Crippen molar-refractivity contribution in [2.45, 2.75) is 39.5 Å². The first-order valence-corrected chi connectivity index (χ1v) is 8.84. The highest BCUT2D eigenvalue weighted by molar-refractivity contribution is 7.86. The van der Waals surface area contributed by atoms with Gasteiger partial charge in [-0.3, -0.25) is 0 Å². The summed E-state index contributed by atoms with van der Waals surface area (Å²) in [6, 6.07) is 0. The highest BCUT2D eigenvalue weighted by atomic mass is 32.2. The van der Waals surface area contributed by atoms with Crippen LogP contribution in [0.1, 0.15) is 39.5 Å². The van der Waals surface area contributed by atoms with Gasteiger partial charge in [-0.2, -0.15) is 17.0 Å². The smallest absolute Gasteiger partial charge is 0.281 e. The van der Waals surface area contributed by atoms with Crippen LogP contribution in [0, 0.1) is 5.92 Å². The van der Waals surface area contributed by atoms with Crippen molar-refractivity contribution >= 4 is 10.2 Å². The quantitative estimate of drug-likeness (QED) is 0.651. The van der Waals surface area contributed by atoms with E-state index < -0.39 is 10.2 Å². The van der Waals surface area contributed by atoms with E-state index in [2.05, 4.69) is 19.2 Å².